The summed E-state index contributed by atoms with van der Waals surface area (Å²) in [5.41, 5.74) is 0. The van der Waals surface area contributed by atoms with Crippen molar-refractivity contribution in [2.75, 3.05) is 26.4 Å². The van der Waals surface area contributed by atoms with Gasteiger partial charge in [0.1, 0.15) is 73.2 Å². The van der Waals surface area contributed by atoms with Crippen molar-refractivity contribution in [3.63, 3.8) is 0 Å². The molecule has 0 saturated carbocycles. The topological polar surface area (TPSA) is 307 Å². The first-order valence-electron chi connectivity index (χ1n) is 32.2. The summed E-state index contributed by atoms with van der Waals surface area (Å²) in [5.74, 6) is -0.270. The summed E-state index contributed by atoms with van der Waals surface area (Å²) >= 11 is 0. The van der Waals surface area contributed by atoms with Gasteiger partial charge in [0.15, 0.2) is 18.9 Å². The predicted molar refractivity (Wildman–Crippen MR) is 323 cm³/mol. The van der Waals surface area contributed by atoms with Gasteiger partial charge in [0.05, 0.1) is 38.6 Å². The van der Waals surface area contributed by atoms with E-state index in [0.29, 0.717) is 12.8 Å². The molecule has 19 nitrogen and oxygen atoms in total. The average molecular weight is 1200 g/mol. The molecule has 0 aromatic carbocycles. The van der Waals surface area contributed by atoms with Crippen LogP contribution in [0.25, 0.3) is 0 Å². The molecule has 0 aliphatic carbocycles. The highest BCUT2D eigenvalue weighted by Crippen LogP contribution is 2.33. The number of carbonyl (C=O) groups excluding carboxylic acids is 1. The van der Waals surface area contributed by atoms with Gasteiger partial charge in [-0.05, 0) is 64.2 Å². The first-order valence-corrected chi connectivity index (χ1v) is 32.2. The highest BCUT2D eigenvalue weighted by Gasteiger charge is 2.53. The van der Waals surface area contributed by atoms with Crippen LogP contribution in [0, 0.1) is 0 Å². The first kappa shape index (κ1) is 75.5. The summed E-state index contributed by atoms with van der Waals surface area (Å²) in [5, 5.41) is 120. The Morgan fingerprint density at radius 3 is 1.29 bits per heavy atom. The Hall–Kier alpha value is -2.77. The fourth-order valence-electron chi connectivity index (χ4n) is 10.6. The van der Waals surface area contributed by atoms with Crippen LogP contribution in [0.2, 0.25) is 0 Å². The highest BCUT2D eigenvalue weighted by atomic mass is 16.8. The fraction of sp³-hybridized carbons (Fsp3) is 0.800. The molecule has 486 valence electrons. The lowest BCUT2D eigenvalue weighted by atomic mass is 9.96. The van der Waals surface area contributed by atoms with Crippen LogP contribution in [0.1, 0.15) is 200 Å². The Balaban J connectivity index is 1.48. The second kappa shape index (κ2) is 47.3. The zero-order valence-electron chi connectivity index (χ0n) is 50.9. The molecule has 17 atom stereocenters. The van der Waals surface area contributed by atoms with E-state index in [0.717, 1.165) is 89.9 Å². The van der Waals surface area contributed by atoms with E-state index in [4.69, 9.17) is 28.4 Å². The predicted octanol–water partition coefficient (Wildman–Crippen LogP) is 6.99. The van der Waals surface area contributed by atoms with Crippen molar-refractivity contribution < 1.29 is 89.4 Å². The maximum atomic E-state index is 13.4. The van der Waals surface area contributed by atoms with Gasteiger partial charge in [0.2, 0.25) is 5.91 Å². The maximum Gasteiger partial charge on any atom is 0.220 e. The number of rotatable bonds is 47. The molecule has 19 heteroatoms. The van der Waals surface area contributed by atoms with Crippen molar-refractivity contribution in [3.8, 4) is 0 Å². The van der Waals surface area contributed by atoms with E-state index < -0.39 is 124 Å². The third-order valence-electron chi connectivity index (χ3n) is 15.8. The van der Waals surface area contributed by atoms with E-state index in [1.54, 1.807) is 0 Å². The molecule has 3 saturated heterocycles. The van der Waals surface area contributed by atoms with Crippen LogP contribution in [0.5, 0.6) is 0 Å². The number of nitrogens with one attached hydrogen (secondary N) is 1. The van der Waals surface area contributed by atoms with Crippen LogP contribution in [0.4, 0.5) is 0 Å². The van der Waals surface area contributed by atoms with Crippen LogP contribution >= 0.6 is 0 Å². The lowest BCUT2D eigenvalue weighted by Gasteiger charge is -2.48. The number of unbranched alkanes of at least 4 members (excludes halogenated alkanes) is 19. The molecule has 0 radical (unpaired) electrons. The first-order chi connectivity index (χ1) is 40.8. The zero-order chi connectivity index (χ0) is 61.2. The molecule has 17 unspecified atom stereocenters. The Bertz CT molecular complexity index is 1810. The summed E-state index contributed by atoms with van der Waals surface area (Å²) < 4.78 is 34.3. The van der Waals surface area contributed by atoms with E-state index in [2.05, 4.69) is 92.1 Å². The second-order valence-electron chi connectivity index (χ2n) is 22.8. The van der Waals surface area contributed by atoms with Crippen molar-refractivity contribution in [1.82, 2.24) is 5.32 Å². The van der Waals surface area contributed by atoms with Crippen molar-refractivity contribution in [2.45, 2.75) is 304 Å². The Morgan fingerprint density at radius 2 is 0.821 bits per heavy atom. The van der Waals surface area contributed by atoms with E-state index >= 15 is 0 Å². The van der Waals surface area contributed by atoms with Crippen LogP contribution < -0.4 is 5.32 Å². The average Bonchev–Trinajstić information content (AvgIpc) is 3.69. The Morgan fingerprint density at radius 1 is 0.440 bits per heavy atom. The van der Waals surface area contributed by atoms with Gasteiger partial charge in [0, 0.05) is 6.42 Å². The number of ether oxygens (including phenoxy) is 6. The summed E-state index contributed by atoms with van der Waals surface area (Å²) in [6.07, 6.45) is 29.7. The number of hydrogen-bond acceptors (Lipinski definition) is 18. The number of hydrogen-bond donors (Lipinski definition) is 12. The third-order valence-corrected chi connectivity index (χ3v) is 15.8. The normalized spacial score (nSPS) is 29.7. The monoisotopic (exact) mass is 1200 g/mol. The summed E-state index contributed by atoms with van der Waals surface area (Å²) in [6.45, 7) is 1.65. The zero-order valence-corrected chi connectivity index (χ0v) is 50.9. The molecule has 12 N–H and O–H groups in total. The van der Waals surface area contributed by atoms with Gasteiger partial charge in [-0.2, -0.15) is 0 Å². The largest absolute Gasteiger partial charge is 0.394 e. The van der Waals surface area contributed by atoms with E-state index in [1.807, 2.05) is 0 Å². The number of carbonyl (C=O) groups is 1. The van der Waals surface area contributed by atoms with Gasteiger partial charge in [0.25, 0.3) is 0 Å². The van der Waals surface area contributed by atoms with E-state index in [-0.39, 0.29) is 18.9 Å². The minimum absolute atomic E-state index is 0.233. The lowest BCUT2D eigenvalue weighted by Crippen LogP contribution is -2.66. The van der Waals surface area contributed by atoms with Crippen LogP contribution in [0.15, 0.2) is 72.9 Å². The van der Waals surface area contributed by atoms with Crippen molar-refractivity contribution in [3.05, 3.63) is 72.9 Å². The van der Waals surface area contributed by atoms with Crippen LogP contribution in [-0.4, -0.2) is 193 Å². The Kier molecular flexibility index (Phi) is 42.5. The van der Waals surface area contributed by atoms with Crippen molar-refractivity contribution in [1.29, 1.82) is 0 Å². The molecule has 84 heavy (non-hydrogen) atoms. The molecule has 0 aromatic rings. The summed E-state index contributed by atoms with van der Waals surface area (Å²) in [7, 11) is 0. The van der Waals surface area contributed by atoms with Gasteiger partial charge in [-0.1, -0.05) is 202 Å². The quantitative estimate of drug-likeness (QED) is 0.0216. The van der Waals surface area contributed by atoms with E-state index in [9.17, 15) is 61.0 Å². The van der Waals surface area contributed by atoms with Gasteiger partial charge in [-0.15, -0.1) is 0 Å². The standard InChI is InChI=1S/C65H113NO18/c1-3-5-7-9-11-13-15-17-19-21-22-23-24-25-26-27-29-31-33-35-37-39-41-43-53(71)66-48(49(70)42-40-38-36-34-32-30-28-20-18-16-14-12-10-8-6-4-2)47-79-63-59(77)56(74)61(51(45-68)81-63)84-65-60(78)57(75)62(52(46-69)82-65)83-64-58(76)55(73)54(72)50(44-67)80-64/h5,7,11,13,17,19,22-23,25-26,29,31,48-52,54-65,67-70,72-78H,3-4,6,8-10,12,14-16,18,20-21,24,27-28,30,32-47H2,1-2H3,(H,66,71)/b7-5-,13-11-,19-17-,23-22-,26-25-,31-29-. The molecular formula is C65H113NO18. The molecule has 3 rings (SSSR count). The minimum atomic E-state index is -1.98. The number of aliphatic hydroxyl groups is 11. The number of aliphatic hydroxyl groups excluding tert-OH is 11. The summed E-state index contributed by atoms with van der Waals surface area (Å²) in [6, 6.07) is -0.905. The number of amides is 1. The lowest BCUT2D eigenvalue weighted by molar-refractivity contribution is -0.379. The molecule has 0 bridgehead atoms. The number of allylic oxidation sites excluding steroid dienone is 12. The van der Waals surface area contributed by atoms with Crippen molar-refractivity contribution in [2.24, 2.45) is 0 Å². The molecule has 3 aliphatic rings. The SMILES string of the molecule is CC/C=C\C/C=C\C/C=C\C/C=C\C/C=C\C/C=C\CCCCCCC(=O)NC(COC1OC(CO)C(OC2OC(CO)C(OC3OC(CO)C(O)C(O)C3O)C(O)C2O)C(O)C1O)C(O)CCCCCCCCCCCCCCCCCC. The van der Waals surface area contributed by atoms with E-state index in [1.165, 1.54) is 77.0 Å². The Labute approximate surface area is 502 Å². The fourth-order valence-corrected chi connectivity index (χ4v) is 10.6. The third kappa shape index (κ3) is 30.0. The van der Waals surface area contributed by atoms with Crippen LogP contribution in [0.3, 0.4) is 0 Å². The van der Waals surface area contributed by atoms with Gasteiger partial charge < -0.3 is 89.9 Å². The second-order valence-corrected chi connectivity index (χ2v) is 22.8. The molecule has 1 amide bonds. The molecule has 0 aromatic heterocycles. The highest BCUT2D eigenvalue weighted by molar-refractivity contribution is 5.76. The van der Waals surface area contributed by atoms with Gasteiger partial charge in [-0.25, -0.2) is 0 Å². The minimum Gasteiger partial charge on any atom is -0.394 e. The molecular weight excluding hydrogens is 1080 g/mol. The smallest absolute Gasteiger partial charge is 0.220 e. The van der Waals surface area contributed by atoms with Gasteiger partial charge >= 0.3 is 0 Å². The molecule has 3 heterocycles. The molecule has 3 fully saturated rings. The maximum absolute atomic E-state index is 13.4. The van der Waals surface area contributed by atoms with Crippen LogP contribution in [-0.2, 0) is 33.2 Å². The summed E-state index contributed by atoms with van der Waals surface area (Å²) in [4.78, 5) is 13.4. The molecule has 0 spiro atoms. The molecule has 3 aliphatic heterocycles. The van der Waals surface area contributed by atoms with Crippen molar-refractivity contribution >= 4 is 5.91 Å². The van der Waals surface area contributed by atoms with Gasteiger partial charge in [-0.3, -0.25) is 4.79 Å².